The molecule has 4 unspecified atom stereocenters. The van der Waals surface area contributed by atoms with E-state index in [1.165, 1.54) is 154 Å². The molecule has 0 aliphatic rings. The van der Waals surface area contributed by atoms with Crippen LogP contribution in [0, 0.1) is 11.8 Å². The molecule has 0 amide bonds. The van der Waals surface area contributed by atoms with Crippen LogP contribution in [-0.4, -0.2) is 95.5 Å². The number of aliphatic hydroxyl groups is 4. The monoisotopic (exact) mass is 755 g/mol. The van der Waals surface area contributed by atoms with Crippen LogP contribution in [0.4, 0.5) is 0 Å². The van der Waals surface area contributed by atoms with E-state index in [9.17, 15) is 40.2 Å². The summed E-state index contributed by atoms with van der Waals surface area (Å²) in [5.41, 5.74) is 0. The van der Waals surface area contributed by atoms with Gasteiger partial charge in [-0.25, -0.2) is 0 Å². The van der Waals surface area contributed by atoms with E-state index in [0.29, 0.717) is 0 Å². The molecule has 8 nitrogen and oxygen atoms in total. The Bertz CT molecular complexity index is 652. The van der Waals surface area contributed by atoms with Gasteiger partial charge in [-0.2, -0.15) is 0 Å². The first-order valence-corrected chi connectivity index (χ1v) is 21.2. The molecule has 0 rings (SSSR count). The Morgan fingerprint density at radius 3 is 0.784 bits per heavy atom. The smallest absolute Gasteiger partial charge is 0.547 e. The normalized spacial score (nSPS) is 13.5. The summed E-state index contributed by atoms with van der Waals surface area (Å²) in [5.74, 6) is -3.16. The van der Waals surface area contributed by atoms with Crippen LogP contribution < -0.4 is 10.2 Å². The minimum atomic E-state index is -1.45. The van der Waals surface area contributed by atoms with Crippen molar-refractivity contribution in [3.63, 3.8) is 0 Å². The van der Waals surface area contributed by atoms with Crippen LogP contribution in [-0.2, 0) is 9.59 Å². The number of carbonyl (C=O) groups is 2. The molecule has 0 bridgehead atoms. The number of carbonyl (C=O) groups excluding carboxylic acids is 2. The second kappa shape index (κ2) is 44.4. The van der Waals surface area contributed by atoms with Crippen molar-refractivity contribution in [2.24, 2.45) is 11.8 Å². The van der Waals surface area contributed by atoms with Crippen LogP contribution in [0.25, 0.3) is 0 Å². The maximum Gasteiger partial charge on any atom is 2.00 e. The minimum Gasteiger partial charge on any atom is -0.547 e. The molecule has 0 fully saturated rings. The third-order valence-electron chi connectivity index (χ3n) is 10.1. The summed E-state index contributed by atoms with van der Waals surface area (Å²) in [6.07, 6.45) is 35.4. The Balaban J connectivity index is -0.000000886. The predicted molar refractivity (Wildman–Crippen MR) is 208 cm³/mol. The van der Waals surface area contributed by atoms with Gasteiger partial charge in [-0.15, -0.1) is 0 Å². The standard InChI is InChI=1S/2C21H42O4.Ca/c2*1-2-3-4-5-6-7-8-9-10-11-12-13-14-15-16-19(18-22)17-20(23)21(24)25;/h2*19-20,22-23H,2-18H2,1H3,(H,24,25);/q;;+2/p-2. The Kier molecular flexibility index (Phi) is 48.3. The number of aliphatic hydroxyl groups excluding tert-OH is 4. The summed E-state index contributed by atoms with van der Waals surface area (Å²) in [6.45, 7) is 4.38. The van der Waals surface area contributed by atoms with Gasteiger partial charge >= 0.3 is 37.7 Å². The molecule has 0 saturated heterocycles. The number of hydrogen-bond donors (Lipinski definition) is 4. The first kappa shape index (κ1) is 55.4. The second-order valence-electron chi connectivity index (χ2n) is 15.0. The first-order valence-electron chi connectivity index (χ1n) is 21.2. The van der Waals surface area contributed by atoms with Crippen LogP contribution in [0.3, 0.4) is 0 Å². The summed E-state index contributed by atoms with van der Waals surface area (Å²) in [7, 11) is 0. The molecule has 0 heterocycles. The molecule has 0 aliphatic carbocycles. The summed E-state index contributed by atoms with van der Waals surface area (Å²) in [6, 6.07) is 0. The fraction of sp³-hybridized carbons (Fsp3) is 0.952. The topological polar surface area (TPSA) is 161 Å². The van der Waals surface area contributed by atoms with E-state index in [4.69, 9.17) is 0 Å². The van der Waals surface area contributed by atoms with E-state index in [0.717, 1.165) is 38.5 Å². The van der Waals surface area contributed by atoms with E-state index in [2.05, 4.69) is 13.8 Å². The molecule has 0 aliphatic heterocycles. The molecule has 0 aromatic carbocycles. The second-order valence-corrected chi connectivity index (χ2v) is 15.0. The van der Waals surface area contributed by atoms with Crippen molar-refractivity contribution < 1.29 is 40.2 Å². The average Bonchev–Trinajstić information content (AvgIpc) is 3.10. The van der Waals surface area contributed by atoms with E-state index in [-0.39, 0.29) is 75.6 Å². The molecule has 300 valence electrons. The Morgan fingerprint density at radius 2 is 0.608 bits per heavy atom. The van der Waals surface area contributed by atoms with Gasteiger partial charge in [0.25, 0.3) is 0 Å². The number of rotatable bonds is 38. The van der Waals surface area contributed by atoms with Gasteiger partial charge in [0.1, 0.15) is 0 Å². The van der Waals surface area contributed by atoms with Gasteiger partial charge in [-0.3, -0.25) is 0 Å². The van der Waals surface area contributed by atoms with Gasteiger partial charge < -0.3 is 40.2 Å². The van der Waals surface area contributed by atoms with Gasteiger partial charge in [-0.1, -0.05) is 194 Å². The van der Waals surface area contributed by atoms with Crippen molar-refractivity contribution in [3.8, 4) is 0 Å². The fourth-order valence-corrected chi connectivity index (χ4v) is 6.65. The number of aliphatic carboxylic acids is 2. The van der Waals surface area contributed by atoms with E-state index >= 15 is 0 Å². The minimum absolute atomic E-state index is 0. The third-order valence-corrected chi connectivity index (χ3v) is 10.1. The molecule has 0 saturated carbocycles. The van der Waals surface area contributed by atoms with Crippen molar-refractivity contribution in [2.45, 2.75) is 232 Å². The number of carboxylic acid groups (broad SMARTS) is 2. The average molecular weight is 755 g/mol. The van der Waals surface area contributed by atoms with Gasteiger partial charge in [0.05, 0.1) is 24.1 Å². The number of unbranched alkanes of at least 4 members (excludes halogenated alkanes) is 26. The third kappa shape index (κ3) is 42.6. The van der Waals surface area contributed by atoms with Crippen LogP contribution >= 0.6 is 0 Å². The van der Waals surface area contributed by atoms with E-state index in [1.54, 1.807) is 0 Å². The van der Waals surface area contributed by atoms with Gasteiger partial charge in [0, 0.05) is 13.2 Å². The van der Waals surface area contributed by atoms with Crippen LogP contribution in [0.2, 0.25) is 0 Å². The number of hydrogen-bond acceptors (Lipinski definition) is 8. The quantitative estimate of drug-likeness (QED) is 0.0371. The zero-order valence-electron chi connectivity index (χ0n) is 33.5. The van der Waals surface area contributed by atoms with Crippen LogP contribution in [0.5, 0.6) is 0 Å². The van der Waals surface area contributed by atoms with Crippen LogP contribution in [0.15, 0.2) is 0 Å². The molecular weight excluding hydrogens is 673 g/mol. The fourth-order valence-electron chi connectivity index (χ4n) is 6.65. The van der Waals surface area contributed by atoms with E-state index < -0.39 is 24.1 Å². The number of carboxylic acids is 2. The summed E-state index contributed by atoms with van der Waals surface area (Å²) < 4.78 is 0. The Hall–Kier alpha value is 0.0397. The van der Waals surface area contributed by atoms with Crippen LogP contribution in [0.1, 0.15) is 219 Å². The molecule has 0 radical (unpaired) electrons. The predicted octanol–water partition coefficient (Wildman–Crippen LogP) is 7.55. The molecule has 51 heavy (non-hydrogen) atoms. The van der Waals surface area contributed by atoms with Crippen molar-refractivity contribution in [1.82, 2.24) is 0 Å². The zero-order valence-corrected chi connectivity index (χ0v) is 35.7. The van der Waals surface area contributed by atoms with E-state index in [1.807, 2.05) is 0 Å². The maximum atomic E-state index is 10.5. The summed E-state index contributed by atoms with van der Waals surface area (Å²) >= 11 is 0. The molecule has 9 heteroatoms. The summed E-state index contributed by atoms with van der Waals surface area (Å²) in [4.78, 5) is 21.0. The van der Waals surface area contributed by atoms with Crippen molar-refractivity contribution in [2.75, 3.05) is 13.2 Å². The molecular formula is C42H82CaO8. The van der Waals surface area contributed by atoms with Crippen molar-refractivity contribution in [1.29, 1.82) is 0 Å². The molecule has 0 aromatic heterocycles. The Morgan fingerprint density at radius 1 is 0.412 bits per heavy atom. The molecule has 4 atom stereocenters. The zero-order chi connectivity index (χ0) is 37.5. The first-order chi connectivity index (χ1) is 24.2. The van der Waals surface area contributed by atoms with Crippen molar-refractivity contribution in [3.05, 3.63) is 0 Å². The molecule has 0 aromatic rings. The van der Waals surface area contributed by atoms with Gasteiger partial charge in [0.15, 0.2) is 0 Å². The SMILES string of the molecule is CCCCCCCCCCCCCCCCC(CO)CC(O)C(=O)[O-].CCCCCCCCCCCCCCCCC(CO)CC(O)C(=O)[O-].[Ca+2]. The Labute approximate surface area is 344 Å². The van der Waals surface area contributed by atoms with Gasteiger partial charge in [-0.05, 0) is 37.5 Å². The van der Waals surface area contributed by atoms with Crippen molar-refractivity contribution >= 4 is 49.7 Å². The molecule has 4 N–H and O–H groups in total. The largest absolute Gasteiger partial charge is 2.00 e. The van der Waals surface area contributed by atoms with Gasteiger partial charge in [0.2, 0.25) is 0 Å². The summed E-state index contributed by atoms with van der Waals surface area (Å²) in [5, 5.41) is 58.0. The molecule has 0 spiro atoms. The maximum absolute atomic E-state index is 10.5.